The predicted molar refractivity (Wildman–Crippen MR) is 160 cm³/mol. The highest BCUT2D eigenvalue weighted by atomic mass is 79.9. The van der Waals surface area contributed by atoms with Gasteiger partial charge in [-0.05, 0) is 68.5 Å². The molecule has 3 aromatic carbocycles. The lowest BCUT2D eigenvalue weighted by Crippen LogP contribution is -2.67. The number of carbonyl (C=O) groups is 2. The van der Waals surface area contributed by atoms with Crippen LogP contribution in [0, 0.1) is 12.3 Å². The van der Waals surface area contributed by atoms with Crippen molar-refractivity contribution in [3.8, 4) is 22.8 Å². The third-order valence-electron chi connectivity index (χ3n) is 8.91. The van der Waals surface area contributed by atoms with Crippen molar-refractivity contribution in [3.63, 3.8) is 0 Å². The normalized spacial score (nSPS) is 23.2. The molecule has 3 fully saturated rings. The number of para-hydroxylation sites is 2. The van der Waals surface area contributed by atoms with Gasteiger partial charge in [0.2, 0.25) is 0 Å². The molecule has 2 N–H and O–H groups in total. The number of rotatable bonds is 7. The average molecular weight is 616 g/mol. The number of carboxylic acids is 1. The molecule has 0 radical (unpaired) electrons. The van der Waals surface area contributed by atoms with Crippen LogP contribution in [-0.2, 0) is 4.79 Å². The van der Waals surface area contributed by atoms with E-state index in [-0.39, 0.29) is 5.91 Å². The number of ether oxygens (including phenoxy) is 2. The Morgan fingerprint density at radius 3 is 2.34 bits per heavy atom. The smallest absolute Gasteiger partial charge is 0.309 e. The van der Waals surface area contributed by atoms with Crippen LogP contribution in [0.5, 0.6) is 11.5 Å². The summed E-state index contributed by atoms with van der Waals surface area (Å²) >= 11 is 3.57. The molecular weight excluding hydrogens is 584 g/mol. The Morgan fingerprint density at radius 1 is 0.976 bits per heavy atom. The highest BCUT2D eigenvalue weighted by molar-refractivity contribution is 9.10. The number of benzene rings is 3. The van der Waals surface area contributed by atoms with E-state index < -0.39 is 23.0 Å². The van der Waals surface area contributed by atoms with Gasteiger partial charge in [0.25, 0.3) is 5.91 Å². The largest absolute Gasteiger partial charge is 0.493 e. The zero-order chi connectivity index (χ0) is 28.8. The van der Waals surface area contributed by atoms with Crippen LogP contribution in [0.25, 0.3) is 22.2 Å². The van der Waals surface area contributed by atoms with Crippen LogP contribution in [0.1, 0.15) is 48.0 Å². The molecule has 3 aliphatic carbocycles. The summed E-state index contributed by atoms with van der Waals surface area (Å²) in [6.07, 6.45) is 1.72. The fourth-order valence-electron chi connectivity index (χ4n) is 6.57. The molecule has 1 atom stereocenters. The van der Waals surface area contributed by atoms with Gasteiger partial charge < -0.3 is 19.9 Å². The number of amides is 1. The number of aromatic nitrogens is 1. The summed E-state index contributed by atoms with van der Waals surface area (Å²) in [5.74, 6) is 0.0679. The first-order chi connectivity index (χ1) is 19.7. The lowest BCUT2D eigenvalue weighted by atomic mass is 9.55. The minimum atomic E-state index is -0.871. The molecule has 210 valence electrons. The first-order valence-corrected chi connectivity index (χ1v) is 14.6. The van der Waals surface area contributed by atoms with Crippen molar-refractivity contribution in [1.82, 2.24) is 10.3 Å². The van der Waals surface area contributed by atoms with Crippen molar-refractivity contribution in [1.29, 1.82) is 0 Å². The van der Waals surface area contributed by atoms with Gasteiger partial charge >= 0.3 is 5.97 Å². The predicted octanol–water partition coefficient (Wildman–Crippen LogP) is 6.95. The van der Waals surface area contributed by atoms with Gasteiger partial charge in [-0.25, -0.2) is 4.98 Å². The van der Waals surface area contributed by atoms with E-state index in [1.807, 2.05) is 79.7 Å². The van der Waals surface area contributed by atoms with Crippen molar-refractivity contribution >= 4 is 38.7 Å². The van der Waals surface area contributed by atoms with Crippen LogP contribution in [-0.4, -0.2) is 40.7 Å². The number of nitrogens with zero attached hydrogens (tertiary/aromatic N) is 1. The maximum atomic E-state index is 14.4. The lowest BCUT2D eigenvalue weighted by Gasteiger charge is -2.55. The second-order valence-electron chi connectivity index (χ2n) is 11.1. The molecular formula is C33H31BrN2O5. The van der Waals surface area contributed by atoms with Crippen molar-refractivity contribution in [2.75, 3.05) is 7.11 Å². The molecule has 7 nitrogen and oxygen atoms in total. The summed E-state index contributed by atoms with van der Waals surface area (Å²) in [4.78, 5) is 31.8. The molecule has 3 aliphatic rings. The Morgan fingerprint density at radius 2 is 1.66 bits per heavy atom. The number of aliphatic carboxylic acids is 1. The summed E-state index contributed by atoms with van der Waals surface area (Å²) in [5.41, 5.74) is 2.13. The lowest BCUT2D eigenvalue weighted by molar-refractivity contribution is -0.163. The highest BCUT2D eigenvalue weighted by Crippen LogP contribution is 2.54. The fourth-order valence-corrected chi connectivity index (χ4v) is 6.93. The van der Waals surface area contributed by atoms with Gasteiger partial charge in [0.05, 0.1) is 34.8 Å². The van der Waals surface area contributed by atoms with Crippen LogP contribution < -0.4 is 14.8 Å². The SMILES string of the molecule is COc1ccccc1OC1CC2(C(=O)O)CCC1(NC(=O)c1c(C)c(-c3ccccc3)nc3ccc(Br)cc13)CC2. The Bertz CT molecular complexity index is 1650. The Balaban J connectivity index is 1.43. The molecule has 8 heteroatoms. The minimum Gasteiger partial charge on any atom is -0.493 e. The molecule has 41 heavy (non-hydrogen) atoms. The fraction of sp³-hybridized carbons (Fsp3) is 0.303. The standard InChI is InChI=1S/C33H31BrN2O5/c1-20-28(23-18-22(34)12-13-24(23)35-29(20)21-8-4-3-5-9-21)30(37)36-33-16-14-32(15-17-33,31(38)39)19-27(33)41-26-11-7-6-10-25(26)40-2/h3-13,18,27H,14-17,19H2,1-2H3,(H,36,37)(H,38,39). The number of pyridine rings is 1. The Hall–Kier alpha value is -3.91. The number of hydrogen-bond donors (Lipinski definition) is 2. The van der Waals surface area contributed by atoms with Gasteiger partial charge in [-0.1, -0.05) is 58.4 Å². The maximum Gasteiger partial charge on any atom is 0.309 e. The van der Waals surface area contributed by atoms with E-state index in [4.69, 9.17) is 14.5 Å². The number of carboxylic acid groups (broad SMARTS) is 1. The van der Waals surface area contributed by atoms with Gasteiger partial charge in [-0.15, -0.1) is 0 Å². The van der Waals surface area contributed by atoms with Crippen LogP contribution in [0.3, 0.4) is 0 Å². The number of halogens is 1. The molecule has 0 aliphatic heterocycles. The molecule has 0 spiro atoms. The summed E-state index contributed by atoms with van der Waals surface area (Å²) in [5, 5.41) is 14.3. The molecule has 3 saturated carbocycles. The molecule has 1 amide bonds. The molecule has 1 unspecified atom stereocenters. The van der Waals surface area contributed by atoms with Gasteiger partial charge in [0.15, 0.2) is 11.5 Å². The van der Waals surface area contributed by atoms with Gasteiger partial charge in [0, 0.05) is 21.8 Å². The summed E-state index contributed by atoms with van der Waals surface area (Å²) in [6, 6.07) is 22.9. The number of fused-ring (bicyclic) bond motifs is 4. The van der Waals surface area contributed by atoms with E-state index in [0.717, 1.165) is 32.2 Å². The molecule has 7 rings (SSSR count). The van der Waals surface area contributed by atoms with E-state index in [0.29, 0.717) is 49.2 Å². The quantitative estimate of drug-likeness (QED) is 0.234. The summed E-state index contributed by atoms with van der Waals surface area (Å²) in [7, 11) is 1.57. The van der Waals surface area contributed by atoms with Crippen LogP contribution in [0.15, 0.2) is 77.3 Å². The average Bonchev–Trinajstić information content (AvgIpc) is 2.98. The molecule has 4 aromatic rings. The zero-order valence-corrected chi connectivity index (χ0v) is 24.5. The maximum absolute atomic E-state index is 14.4. The molecule has 1 heterocycles. The van der Waals surface area contributed by atoms with Crippen LogP contribution in [0.2, 0.25) is 0 Å². The molecule has 0 saturated heterocycles. The third kappa shape index (κ3) is 4.74. The third-order valence-corrected chi connectivity index (χ3v) is 9.40. The summed E-state index contributed by atoms with van der Waals surface area (Å²) < 4.78 is 12.9. The second-order valence-corrected chi connectivity index (χ2v) is 12.1. The van der Waals surface area contributed by atoms with Gasteiger partial charge in [0.1, 0.15) is 6.10 Å². The molecule has 2 bridgehead atoms. The Labute approximate surface area is 247 Å². The van der Waals surface area contributed by atoms with E-state index in [9.17, 15) is 14.7 Å². The number of nitrogens with one attached hydrogen (secondary N) is 1. The van der Waals surface area contributed by atoms with Crippen molar-refractivity contribution in [2.45, 2.75) is 50.7 Å². The van der Waals surface area contributed by atoms with Gasteiger partial charge in [-0.3, -0.25) is 9.59 Å². The number of carbonyl (C=O) groups excluding carboxylic acids is 1. The Kier molecular flexibility index (Phi) is 6.98. The van der Waals surface area contributed by atoms with E-state index >= 15 is 0 Å². The van der Waals surface area contributed by atoms with E-state index in [1.165, 1.54) is 0 Å². The zero-order valence-electron chi connectivity index (χ0n) is 22.9. The highest BCUT2D eigenvalue weighted by Gasteiger charge is 2.59. The van der Waals surface area contributed by atoms with Gasteiger partial charge in [-0.2, -0.15) is 0 Å². The summed E-state index contributed by atoms with van der Waals surface area (Å²) in [6.45, 7) is 1.93. The molecule has 1 aromatic heterocycles. The van der Waals surface area contributed by atoms with E-state index in [2.05, 4.69) is 21.2 Å². The topological polar surface area (TPSA) is 97.8 Å². The van der Waals surface area contributed by atoms with Crippen LogP contribution >= 0.6 is 15.9 Å². The van der Waals surface area contributed by atoms with Crippen molar-refractivity contribution < 1.29 is 24.2 Å². The van der Waals surface area contributed by atoms with Crippen molar-refractivity contribution in [2.24, 2.45) is 5.41 Å². The monoisotopic (exact) mass is 614 g/mol. The number of hydrogen-bond acceptors (Lipinski definition) is 5. The van der Waals surface area contributed by atoms with Crippen LogP contribution in [0.4, 0.5) is 0 Å². The van der Waals surface area contributed by atoms with E-state index in [1.54, 1.807) is 7.11 Å². The first kappa shape index (κ1) is 27.3. The number of methoxy groups -OCH3 is 1. The first-order valence-electron chi connectivity index (χ1n) is 13.8. The minimum absolute atomic E-state index is 0.219. The van der Waals surface area contributed by atoms with Crippen molar-refractivity contribution in [3.05, 3.63) is 88.4 Å². The second kappa shape index (κ2) is 10.5.